The molecule has 0 aromatic heterocycles. The number of para-hydroxylation sites is 1. The average molecular weight is 868 g/mol. The summed E-state index contributed by atoms with van der Waals surface area (Å²) in [6, 6.07) is 5.07. The minimum absolute atomic E-state index is 0. The Balaban J connectivity index is -0.00000119. The van der Waals surface area contributed by atoms with E-state index in [0.29, 0.717) is 36.8 Å². The van der Waals surface area contributed by atoms with Crippen molar-refractivity contribution in [1.29, 1.82) is 0 Å². The van der Waals surface area contributed by atoms with E-state index in [1.165, 1.54) is 5.57 Å². The van der Waals surface area contributed by atoms with Gasteiger partial charge in [-0.05, 0) is 58.3 Å². The molecular weight excluding hydrogens is 796 g/mol. The first-order valence-corrected chi connectivity index (χ1v) is 17.1. The molecule has 2 aliphatic heterocycles. The van der Waals surface area contributed by atoms with Crippen LogP contribution in [0.3, 0.4) is 0 Å². The molecule has 1 amide bonds. The smallest absolute Gasteiger partial charge is 0.685 e. The predicted molar refractivity (Wildman–Crippen MR) is 211 cm³/mol. The number of carbonyl (C=O) groups excluding carboxylic acids is 1. The number of amides is 1. The van der Waals surface area contributed by atoms with Gasteiger partial charge in [0, 0.05) is 18.5 Å². The molecule has 284 valence electrons. The Labute approximate surface area is 320 Å². The van der Waals surface area contributed by atoms with Crippen LogP contribution in [0, 0.1) is 7.43 Å². The zero-order chi connectivity index (χ0) is 35.8. The quantitative estimate of drug-likeness (QED) is 0.0742. The number of carbonyl (C=O) groups is 1. The van der Waals surface area contributed by atoms with Crippen LogP contribution in [-0.4, -0.2) is 78.8 Å². The number of amidine groups is 1. The van der Waals surface area contributed by atoms with Crippen molar-refractivity contribution in [2.24, 2.45) is 5.73 Å². The SMILES string of the molecule is C.C=C(/C=C\C=C(C)C)[N-]CC.C=CNCC([NH+]=C(N)CCC)C1(C)C(O)C(NC(=O)c2cccc3c2OCCC3(C)C)CN1C.CC.[CH3-].[W+2]. The molecule has 50 heavy (non-hydrogen) atoms. The number of hydrogen-bond acceptors (Lipinski definition) is 5. The van der Waals surface area contributed by atoms with Gasteiger partial charge < -0.3 is 33.2 Å². The van der Waals surface area contributed by atoms with Crippen LogP contribution in [0.4, 0.5) is 0 Å². The predicted octanol–water partition coefficient (Wildman–Crippen LogP) is 5.78. The molecule has 0 aliphatic carbocycles. The summed E-state index contributed by atoms with van der Waals surface area (Å²) < 4.78 is 5.94. The van der Waals surface area contributed by atoms with Crippen LogP contribution in [0.25, 0.3) is 5.32 Å². The summed E-state index contributed by atoms with van der Waals surface area (Å²) >= 11 is 0. The number of nitrogens with zero attached hydrogens (tertiary/aromatic N) is 2. The van der Waals surface area contributed by atoms with Crippen LogP contribution in [-0.2, 0) is 26.5 Å². The number of rotatable bonds is 13. The van der Waals surface area contributed by atoms with Crippen molar-refractivity contribution < 1.29 is 40.7 Å². The van der Waals surface area contributed by atoms with Crippen molar-refractivity contribution in [2.45, 2.75) is 118 Å². The van der Waals surface area contributed by atoms with Crippen molar-refractivity contribution in [3.8, 4) is 5.75 Å². The van der Waals surface area contributed by atoms with Gasteiger partial charge in [0.25, 0.3) is 5.91 Å². The fourth-order valence-corrected chi connectivity index (χ4v) is 5.79. The summed E-state index contributed by atoms with van der Waals surface area (Å²) in [4.78, 5) is 18.9. The second kappa shape index (κ2) is 25.1. The Morgan fingerprint density at radius 1 is 1.26 bits per heavy atom. The molecule has 4 atom stereocenters. The maximum absolute atomic E-state index is 13.4. The molecule has 0 radical (unpaired) electrons. The first-order valence-electron chi connectivity index (χ1n) is 17.1. The third-order valence-electron chi connectivity index (χ3n) is 8.68. The number of likely N-dealkylation sites (N-methyl/N-ethyl adjacent to an activating group) is 2. The van der Waals surface area contributed by atoms with Gasteiger partial charge in [0.1, 0.15) is 11.8 Å². The van der Waals surface area contributed by atoms with Gasteiger partial charge in [-0.15, -0.1) is 18.8 Å². The van der Waals surface area contributed by atoms with E-state index in [4.69, 9.17) is 10.5 Å². The number of ether oxygens (including phenoxy) is 1. The molecule has 1 fully saturated rings. The average Bonchev–Trinajstić information content (AvgIpc) is 3.23. The van der Waals surface area contributed by atoms with E-state index in [0.717, 1.165) is 37.1 Å². The molecular formula is C40H71N6O3W+. The van der Waals surface area contributed by atoms with E-state index < -0.39 is 17.7 Å². The fraction of sp³-hybridized carbons (Fsp3) is 0.575. The Morgan fingerprint density at radius 2 is 1.90 bits per heavy atom. The molecule has 9 nitrogen and oxygen atoms in total. The standard InChI is InChI=1S/C26H41N5O3.C10H16N.C2H6.CH4.CH3.W/c1-7-10-21(27)30-20(15-28-8-2)26(5)23(32)19(16-31(26)6)29-24(33)17-11-9-12-18-22(17)34-14-13-25(18,3)4;1-5-11-10(4)8-6-7-9(2)3;1-2;;;/h8-9,11-12,19-20,23,28,32H,2,7,10,13-16H2,1,3-6H3,(H2,27,30)(H,29,33);6-8H,4-5H2,1-3H3;1-2H3;1H4;1H3;/q;-1;;;-1;+2/p+1/b;8-6-;;;;. The zero-order valence-electron chi connectivity index (χ0n) is 32.3. The zero-order valence-corrected chi connectivity index (χ0v) is 35.2. The van der Waals surface area contributed by atoms with Gasteiger partial charge in [0.2, 0.25) is 5.84 Å². The Hall–Kier alpha value is -2.87. The van der Waals surface area contributed by atoms with Crippen molar-refractivity contribution in [3.63, 3.8) is 0 Å². The normalized spacial score (nSPS) is 20.9. The van der Waals surface area contributed by atoms with Crippen molar-refractivity contribution in [2.75, 3.05) is 33.3 Å². The molecule has 10 heteroatoms. The number of allylic oxidation sites excluding steroid dienone is 4. The minimum Gasteiger partial charge on any atom is -0.685 e. The molecule has 1 saturated heterocycles. The van der Waals surface area contributed by atoms with E-state index in [1.54, 1.807) is 12.3 Å². The maximum atomic E-state index is 13.4. The van der Waals surface area contributed by atoms with E-state index in [9.17, 15) is 9.90 Å². The maximum Gasteiger partial charge on any atom is 2.00 e. The van der Waals surface area contributed by atoms with Crippen LogP contribution in [0.2, 0.25) is 0 Å². The van der Waals surface area contributed by atoms with Gasteiger partial charge >= 0.3 is 21.1 Å². The summed E-state index contributed by atoms with van der Waals surface area (Å²) in [6.45, 7) is 28.5. The largest absolute Gasteiger partial charge is 2.00 e. The van der Waals surface area contributed by atoms with Crippen LogP contribution in [0.15, 0.2) is 67.1 Å². The molecule has 4 unspecified atom stereocenters. The molecule has 2 heterocycles. The van der Waals surface area contributed by atoms with E-state index in [1.807, 2.05) is 65.1 Å². The van der Waals surface area contributed by atoms with Gasteiger partial charge in [-0.2, -0.15) is 0 Å². The van der Waals surface area contributed by atoms with E-state index in [2.05, 4.69) is 73.6 Å². The van der Waals surface area contributed by atoms with E-state index in [-0.39, 0.29) is 53.3 Å². The van der Waals surface area contributed by atoms with Crippen LogP contribution in [0.1, 0.15) is 105 Å². The second-order valence-corrected chi connectivity index (χ2v) is 12.9. The number of nitrogens with two attached hydrogens (primary N) is 1. The monoisotopic (exact) mass is 868 g/mol. The number of benzene rings is 1. The fourth-order valence-electron chi connectivity index (χ4n) is 5.79. The molecule has 3 rings (SSSR count). The van der Waals surface area contributed by atoms with Crippen molar-refractivity contribution in [3.05, 3.63) is 90.9 Å². The van der Waals surface area contributed by atoms with Crippen LogP contribution in [0.5, 0.6) is 5.75 Å². The number of aliphatic hydroxyl groups is 1. The van der Waals surface area contributed by atoms with E-state index >= 15 is 0 Å². The Morgan fingerprint density at radius 3 is 2.46 bits per heavy atom. The topological polar surface area (TPSA) is 128 Å². The second-order valence-electron chi connectivity index (χ2n) is 12.9. The summed E-state index contributed by atoms with van der Waals surface area (Å²) in [5.41, 5.74) is 9.16. The number of fused-ring (bicyclic) bond motifs is 1. The number of aliphatic hydroxyl groups excluding tert-OH is 1. The third kappa shape index (κ3) is 14.4. The molecule has 2 aliphatic rings. The molecule has 0 saturated carbocycles. The molecule has 1 aromatic rings. The van der Waals surface area contributed by atoms with Gasteiger partial charge in [-0.1, -0.05) is 91.5 Å². The number of likely N-dealkylation sites (tertiary alicyclic amines) is 1. The first-order chi connectivity index (χ1) is 22.2. The minimum atomic E-state index is -0.822. The molecule has 0 bridgehead atoms. The summed E-state index contributed by atoms with van der Waals surface area (Å²) in [6.07, 6.45) is 9.31. The molecule has 6 N–H and O–H groups in total. The van der Waals surface area contributed by atoms with Crippen LogP contribution < -0.4 is 26.1 Å². The van der Waals surface area contributed by atoms with Gasteiger partial charge in [0.15, 0.2) is 0 Å². The summed E-state index contributed by atoms with van der Waals surface area (Å²) in [7, 11) is 1.96. The van der Waals surface area contributed by atoms with Gasteiger partial charge in [-0.25, -0.2) is 0 Å². The molecule has 0 spiro atoms. The third-order valence-corrected chi connectivity index (χ3v) is 8.68. The first kappa shape index (κ1) is 51.5. The number of nitrogens with one attached hydrogen (secondary N) is 3. The Kier molecular flexibility index (Phi) is 25.9. The van der Waals surface area contributed by atoms with Crippen LogP contribution >= 0.6 is 0 Å². The van der Waals surface area contributed by atoms with Crippen molar-refractivity contribution in [1.82, 2.24) is 15.5 Å². The molecule has 1 aromatic carbocycles. The van der Waals surface area contributed by atoms with Gasteiger partial charge in [-0.3, -0.25) is 20.4 Å². The summed E-state index contributed by atoms with van der Waals surface area (Å²) in [5, 5.41) is 21.8. The number of hydrogen-bond donors (Lipinski definition) is 5. The Bertz CT molecular complexity index is 1260. The van der Waals surface area contributed by atoms with Gasteiger partial charge in [0.05, 0.1) is 36.4 Å². The van der Waals surface area contributed by atoms with Crippen molar-refractivity contribution >= 4 is 11.7 Å². The summed E-state index contributed by atoms with van der Waals surface area (Å²) in [5.74, 6) is 1.10.